The first kappa shape index (κ1) is 22.4. The Kier molecular flexibility index (Phi) is 6.25. The molecule has 1 unspecified atom stereocenters. The number of nitrogens with one attached hydrogen (secondary N) is 1. The molecule has 1 aromatic carbocycles. The molecule has 1 aliphatic heterocycles. The summed E-state index contributed by atoms with van der Waals surface area (Å²) in [5.74, 6) is -0.173. The summed E-state index contributed by atoms with van der Waals surface area (Å²) in [6.45, 7) is 3.64. The van der Waals surface area contributed by atoms with Crippen LogP contribution in [-0.2, 0) is 4.74 Å². The molecule has 176 valence electrons. The van der Waals surface area contributed by atoms with Crippen LogP contribution in [0.5, 0.6) is 0 Å². The summed E-state index contributed by atoms with van der Waals surface area (Å²) in [6, 6.07) is 7.03. The number of anilines is 1. The van der Waals surface area contributed by atoms with Gasteiger partial charge in [0.25, 0.3) is 5.56 Å². The molecule has 6 rings (SSSR count). The van der Waals surface area contributed by atoms with Gasteiger partial charge in [0.05, 0.1) is 36.0 Å². The minimum Gasteiger partial charge on any atom is -0.375 e. The molecule has 0 amide bonds. The largest absolute Gasteiger partial charge is 0.375 e. The van der Waals surface area contributed by atoms with Crippen molar-refractivity contribution in [3.63, 3.8) is 0 Å². The highest BCUT2D eigenvalue weighted by Crippen LogP contribution is 2.33. The van der Waals surface area contributed by atoms with E-state index in [2.05, 4.69) is 25.3 Å². The number of H-pyrrole nitrogens is 1. The fourth-order valence-corrected chi connectivity index (χ4v) is 3.98. The second kappa shape index (κ2) is 9.47. The Morgan fingerprint density at radius 3 is 2.82 bits per heavy atom. The molecule has 1 saturated carbocycles. The molecule has 1 atom stereocenters. The second-order valence-electron chi connectivity index (χ2n) is 8.30. The average Bonchev–Trinajstić information content (AvgIpc) is 3.53. The Morgan fingerprint density at radius 1 is 1.26 bits per heavy atom. The van der Waals surface area contributed by atoms with Crippen LogP contribution in [-0.4, -0.2) is 55.7 Å². The lowest BCUT2D eigenvalue weighted by molar-refractivity contribution is 0.0526. The molecule has 3 aromatic heterocycles. The molecule has 9 nitrogen and oxygen atoms in total. The van der Waals surface area contributed by atoms with E-state index in [0.29, 0.717) is 36.7 Å². The van der Waals surface area contributed by atoms with Gasteiger partial charge in [0, 0.05) is 36.1 Å². The molecule has 1 saturated heterocycles. The number of halogens is 2. The van der Waals surface area contributed by atoms with E-state index in [-0.39, 0.29) is 22.2 Å². The number of nitrogens with zero attached hydrogens (tertiary/aromatic N) is 6. The molecule has 4 heterocycles. The Labute approximate surface area is 199 Å². The van der Waals surface area contributed by atoms with Crippen molar-refractivity contribution in [1.29, 1.82) is 0 Å². The number of morpholine rings is 1. The van der Waals surface area contributed by atoms with Gasteiger partial charge in [-0.2, -0.15) is 10.2 Å². The van der Waals surface area contributed by atoms with Gasteiger partial charge in [0.2, 0.25) is 5.95 Å². The highest BCUT2D eigenvalue weighted by Gasteiger charge is 2.23. The van der Waals surface area contributed by atoms with E-state index in [1.807, 2.05) is 35.0 Å². The molecule has 0 bridgehead atoms. The Bertz CT molecular complexity index is 1360. The summed E-state index contributed by atoms with van der Waals surface area (Å²) in [7, 11) is 0. The summed E-state index contributed by atoms with van der Waals surface area (Å²) in [5.41, 5.74) is 0.241. The lowest BCUT2D eigenvalue weighted by atomic mass is 10.1. The molecular weight excluding hydrogens is 461 g/mol. The van der Waals surface area contributed by atoms with Gasteiger partial charge in [0.15, 0.2) is 0 Å². The van der Waals surface area contributed by atoms with Crippen LogP contribution < -0.4 is 10.5 Å². The topological polar surface area (TPSA) is 102 Å². The van der Waals surface area contributed by atoms with Crippen LogP contribution in [0.1, 0.15) is 25.8 Å². The van der Waals surface area contributed by atoms with Gasteiger partial charge in [-0.1, -0.05) is 11.6 Å². The summed E-state index contributed by atoms with van der Waals surface area (Å²) in [4.78, 5) is 23.1. The molecule has 34 heavy (non-hydrogen) atoms. The van der Waals surface area contributed by atoms with E-state index in [1.54, 1.807) is 6.07 Å². The maximum Gasteiger partial charge on any atom is 0.290 e. The molecule has 0 radical (unpaired) electrons. The first-order valence-corrected chi connectivity index (χ1v) is 11.4. The summed E-state index contributed by atoms with van der Waals surface area (Å²) in [5, 5.41) is 10.9. The van der Waals surface area contributed by atoms with Gasteiger partial charge < -0.3 is 9.64 Å². The Morgan fingerprint density at radius 2 is 2.12 bits per heavy atom. The molecular formula is C23H23ClFN7O2. The van der Waals surface area contributed by atoms with Crippen LogP contribution in [0.15, 0.2) is 47.7 Å². The number of fused-ring (bicyclic) bond motifs is 1. The van der Waals surface area contributed by atoms with Gasteiger partial charge >= 0.3 is 0 Å². The summed E-state index contributed by atoms with van der Waals surface area (Å²) < 4.78 is 22.1. The number of aromatic amines is 1. The van der Waals surface area contributed by atoms with Crippen molar-refractivity contribution in [2.24, 2.45) is 0 Å². The van der Waals surface area contributed by atoms with Crippen molar-refractivity contribution < 1.29 is 9.13 Å². The average molecular weight is 484 g/mol. The lowest BCUT2D eigenvalue weighted by Gasteiger charge is -2.31. The predicted octanol–water partition coefficient (Wildman–Crippen LogP) is 3.62. The molecule has 0 spiro atoms. The van der Waals surface area contributed by atoms with Crippen LogP contribution in [0.3, 0.4) is 0 Å². The third-order valence-corrected chi connectivity index (χ3v) is 5.90. The smallest absolute Gasteiger partial charge is 0.290 e. The number of ether oxygens (including phenoxy) is 1. The number of hydrogen-bond acceptors (Lipinski definition) is 7. The van der Waals surface area contributed by atoms with Gasteiger partial charge in [-0.25, -0.2) is 19.5 Å². The van der Waals surface area contributed by atoms with Crippen molar-refractivity contribution in [1.82, 2.24) is 29.9 Å². The van der Waals surface area contributed by atoms with Crippen molar-refractivity contribution in [3.8, 4) is 11.3 Å². The molecule has 4 aromatic rings. The fourth-order valence-electron chi connectivity index (χ4n) is 3.83. The first-order chi connectivity index (χ1) is 16.5. The van der Waals surface area contributed by atoms with E-state index in [0.717, 1.165) is 6.04 Å². The van der Waals surface area contributed by atoms with E-state index in [9.17, 15) is 9.18 Å². The van der Waals surface area contributed by atoms with Crippen molar-refractivity contribution >= 4 is 28.5 Å². The monoisotopic (exact) mass is 483 g/mol. The number of benzene rings is 1. The lowest BCUT2D eigenvalue weighted by Crippen LogP contribution is -2.42. The third kappa shape index (κ3) is 4.78. The van der Waals surface area contributed by atoms with Crippen LogP contribution in [0.2, 0.25) is 5.02 Å². The fraction of sp³-hybridized carbons (Fsp3) is 0.348. The highest BCUT2D eigenvalue weighted by atomic mass is 35.5. The molecule has 11 heteroatoms. The Hall–Kier alpha value is -3.37. The summed E-state index contributed by atoms with van der Waals surface area (Å²) >= 11 is 5.85. The SMILES string of the molecule is CC1CN(c2nc(-c3ccc(Cl)cc3F)c3cn[nH]c(=O)c3n2)CCO1.c1cnn(C2CC2)c1. The quantitative estimate of drug-likeness (QED) is 0.475. The Balaban J connectivity index is 0.000000252. The van der Waals surface area contributed by atoms with Crippen molar-refractivity contribution in [2.75, 3.05) is 24.6 Å². The first-order valence-electron chi connectivity index (χ1n) is 11.1. The summed E-state index contributed by atoms with van der Waals surface area (Å²) in [6.07, 6.45) is 7.93. The van der Waals surface area contributed by atoms with E-state index in [1.165, 1.54) is 31.2 Å². The number of aromatic nitrogens is 6. The zero-order valence-electron chi connectivity index (χ0n) is 18.5. The standard InChI is InChI=1S/C17H15ClFN5O2.C6H8N2/c1-9-8-24(4-5-26-9)17-21-14(11-3-2-10(18)6-13(11)19)12-7-20-23-16(25)15(12)22-17;1-4-7-8(5-1)6-2-3-6/h2-3,6-7,9H,4-5,8H2,1H3,(H,23,25);1,4-6H,2-3H2. The van der Waals surface area contributed by atoms with Gasteiger partial charge in [-0.3, -0.25) is 9.48 Å². The normalized spacial score (nSPS) is 18.0. The maximum absolute atomic E-state index is 14.5. The molecule has 1 aliphatic carbocycles. The minimum atomic E-state index is -0.529. The van der Waals surface area contributed by atoms with Crippen LogP contribution in [0.25, 0.3) is 22.2 Å². The van der Waals surface area contributed by atoms with Crippen LogP contribution in [0, 0.1) is 5.82 Å². The van der Waals surface area contributed by atoms with E-state index < -0.39 is 11.4 Å². The van der Waals surface area contributed by atoms with Gasteiger partial charge in [-0.05, 0) is 44.0 Å². The zero-order chi connectivity index (χ0) is 23.7. The predicted molar refractivity (Wildman–Crippen MR) is 126 cm³/mol. The molecule has 1 N–H and O–H groups in total. The van der Waals surface area contributed by atoms with Crippen LogP contribution >= 0.6 is 11.6 Å². The maximum atomic E-state index is 14.5. The second-order valence-corrected chi connectivity index (χ2v) is 8.74. The minimum absolute atomic E-state index is 0.00879. The van der Waals surface area contributed by atoms with E-state index >= 15 is 0 Å². The van der Waals surface area contributed by atoms with Gasteiger partial charge in [0.1, 0.15) is 11.3 Å². The molecule has 2 fully saturated rings. The molecule has 2 aliphatic rings. The van der Waals surface area contributed by atoms with Crippen LogP contribution in [0.4, 0.5) is 10.3 Å². The zero-order valence-corrected chi connectivity index (χ0v) is 19.2. The number of rotatable bonds is 3. The van der Waals surface area contributed by atoms with Crippen molar-refractivity contribution in [3.05, 3.63) is 64.0 Å². The van der Waals surface area contributed by atoms with Gasteiger partial charge in [-0.15, -0.1) is 0 Å². The highest BCUT2D eigenvalue weighted by molar-refractivity contribution is 6.30. The van der Waals surface area contributed by atoms with E-state index in [4.69, 9.17) is 16.3 Å². The number of hydrogen-bond donors (Lipinski definition) is 1. The third-order valence-electron chi connectivity index (χ3n) is 5.66. The van der Waals surface area contributed by atoms with Crippen molar-refractivity contribution in [2.45, 2.75) is 31.9 Å².